The molecule has 14 heteroatoms. The van der Waals surface area contributed by atoms with Gasteiger partial charge in [-0.15, -0.1) is 0 Å². The molecule has 0 radical (unpaired) electrons. The molecular formula is C36H38Cl2N4O7S. The van der Waals surface area contributed by atoms with Crippen molar-refractivity contribution in [1.82, 2.24) is 10.2 Å². The third kappa shape index (κ3) is 9.32. The third-order valence-electron chi connectivity index (χ3n) is 7.76. The minimum absolute atomic E-state index is 0.0794. The van der Waals surface area contributed by atoms with E-state index in [0.717, 1.165) is 15.9 Å². The lowest BCUT2D eigenvalue weighted by Crippen LogP contribution is -2.56. The van der Waals surface area contributed by atoms with Crippen molar-refractivity contribution < 1.29 is 27.7 Å². The molecule has 0 bridgehead atoms. The number of carbonyl (C=O) groups excluding carboxylic acids is 2. The molecule has 0 spiro atoms. The lowest BCUT2D eigenvalue weighted by Gasteiger charge is -2.35. The van der Waals surface area contributed by atoms with E-state index in [-0.39, 0.29) is 34.3 Å². The summed E-state index contributed by atoms with van der Waals surface area (Å²) in [6, 6.07) is 22.3. The Bertz CT molecular complexity index is 1950. The summed E-state index contributed by atoms with van der Waals surface area (Å²) >= 11 is 13.1. The molecule has 4 aromatic carbocycles. The minimum Gasteiger partial charge on any atom is -0.497 e. The average molecular weight is 742 g/mol. The fraction of sp³-hybridized carbons (Fsp3) is 0.278. The van der Waals surface area contributed by atoms with Crippen LogP contribution in [0.4, 0.5) is 11.4 Å². The molecule has 4 rings (SSSR count). The first-order chi connectivity index (χ1) is 23.5. The van der Waals surface area contributed by atoms with Gasteiger partial charge in [-0.2, -0.15) is 0 Å². The number of benzene rings is 4. The van der Waals surface area contributed by atoms with Gasteiger partial charge in [0.25, 0.3) is 15.7 Å². The number of nitro benzene ring substituents is 1. The van der Waals surface area contributed by atoms with Crippen LogP contribution < -0.4 is 14.4 Å². The largest absolute Gasteiger partial charge is 0.497 e. The van der Waals surface area contributed by atoms with Crippen molar-refractivity contribution in [1.29, 1.82) is 0 Å². The molecule has 0 fully saturated rings. The molecule has 0 aromatic heterocycles. The molecule has 0 aliphatic heterocycles. The van der Waals surface area contributed by atoms with E-state index in [1.54, 1.807) is 39.0 Å². The number of methoxy groups -OCH3 is 1. The summed E-state index contributed by atoms with van der Waals surface area (Å²) in [7, 11) is -3.16. The summed E-state index contributed by atoms with van der Waals surface area (Å²) in [6.45, 7) is 5.89. The Morgan fingerprint density at radius 2 is 1.56 bits per heavy atom. The molecule has 0 heterocycles. The van der Waals surface area contributed by atoms with Gasteiger partial charge in [-0.25, -0.2) is 8.42 Å². The van der Waals surface area contributed by atoms with Crippen molar-refractivity contribution in [3.63, 3.8) is 0 Å². The van der Waals surface area contributed by atoms with E-state index >= 15 is 0 Å². The predicted octanol–water partition coefficient (Wildman–Crippen LogP) is 6.97. The standard InChI is InChI=1S/C36H38Cl2N4O7S/c1-24-14-19-28(21-32(24)42(45)46)50(47,48)41(26-15-17-27(49-5)18-16-26)23-34(43)40(22-29-30(37)12-9-13-31(29)38)33(35(44)39-36(2,3)4)20-25-10-7-6-8-11-25/h6-19,21,33H,20,22-23H2,1-5H3,(H,39,44)/t33-/m1/s1. The number of sulfonamides is 1. The second-order valence-corrected chi connectivity index (χ2v) is 15.3. The van der Waals surface area contributed by atoms with E-state index in [2.05, 4.69) is 5.32 Å². The number of halogens is 2. The number of rotatable bonds is 13. The summed E-state index contributed by atoms with van der Waals surface area (Å²) in [5.41, 5.74) is 0.370. The molecule has 0 saturated heterocycles. The Morgan fingerprint density at radius 3 is 2.12 bits per heavy atom. The quantitative estimate of drug-likeness (QED) is 0.115. The monoisotopic (exact) mass is 740 g/mol. The first-order valence-corrected chi connectivity index (χ1v) is 17.7. The Hall–Kier alpha value is -4.65. The third-order valence-corrected chi connectivity index (χ3v) is 10.2. The smallest absolute Gasteiger partial charge is 0.273 e. The van der Waals surface area contributed by atoms with Gasteiger partial charge in [-0.3, -0.25) is 24.0 Å². The molecule has 11 nitrogen and oxygen atoms in total. The molecule has 0 aliphatic carbocycles. The maximum Gasteiger partial charge on any atom is 0.273 e. The highest BCUT2D eigenvalue weighted by Gasteiger charge is 2.36. The molecule has 264 valence electrons. The Labute approximate surface area is 302 Å². The van der Waals surface area contributed by atoms with Crippen molar-refractivity contribution >= 4 is 56.4 Å². The molecule has 0 saturated carbocycles. The second-order valence-electron chi connectivity index (χ2n) is 12.6. The highest BCUT2D eigenvalue weighted by molar-refractivity contribution is 7.92. The summed E-state index contributed by atoms with van der Waals surface area (Å²) < 4.78 is 34.8. The average Bonchev–Trinajstić information content (AvgIpc) is 3.06. The SMILES string of the molecule is COc1ccc(N(CC(=O)N(Cc2c(Cl)cccc2Cl)[C@H](Cc2ccccc2)C(=O)NC(C)(C)C)S(=O)(=O)c2ccc(C)c([N+](=O)[O-])c2)cc1. The number of aryl methyl sites for hydroxylation is 1. The van der Waals surface area contributed by atoms with Gasteiger partial charge in [-0.1, -0.05) is 65.7 Å². The Morgan fingerprint density at radius 1 is 0.940 bits per heavy atom. The number of anilines is 1. The van der Waals surface area contributed by atoms with Crippen molar-refractivity contribution in [3.05, 3.63) is 128 Å². The number of nitro groups is 1. The van der Waals surface area contributed by atoms with Crippen molar-refractivity contribution in [2.75, 3.05) is 18.0 Å². The Kier molecular flexibility index (Phi) is 12.2. The molecule has 4 aromatic rings. The summed E-state index contributed by atoms with van der Waals surface area (Å²) in [4.78, 5) is 40.7. The Balaban J connectivity index is 1.89. The zero-order valence-corrected chi connectivity index (χ0v) is 30.6. The van der Waals surface area contributed by atoms with Crippen LogP contribution in [0.2, 0.25) is 10.0 Å². The van der Waals surface area contributed by atoms with Crippen LogP contribution in [0.25, 0.3) is 0 Å². The van der Waals surface area contributed by atoms with E-state index in [0.29, 0.717) is 11.3 Å². The number of nitrogens with zero attached hydrogens (tertiary/aromatic N) is 3. The number of nitrogens with one attached hydrogen (secondary N) is 1. The van der Waals surface area contributed by atoms with Crippen molar-refractivity contribution in [3.8, 4) is 5.75 Å². The number of ether oxygens (including phenoxy) is 1. The fourth-order valence-corrected chi connectivity index (χ4v) is 7.16. The zero-order valence-electron chi connectivity index (χ0n) is 28.2. The number of hydrogen-bond acceptors (Lipinski definition) is 7. The van der Waals surface area contributed by atoms with E-state index in [1.165, 1.54) is 55.3 Å². The maximum atomic E-state index is 14.7. The molecule has 1 N–H and O–H groups in total. The zero-order chi connectivity index (χ0) is 36.8. The first kappa shape index (κ1) is 38.2. The van der Waals surface area contributed by atoms with Crippen LogP contribution in [-0.2, 0) is 32.6 Å². The van der Waals surface area contributed by atoms with Gasteiger partial charge in [0.05, 0.1) is 22.6 Å². The summed E-state index contributed by atoms with van der Waals surface area (Å²) in [5, 5.41) is 15.2. The molecular weight excluding hydrogens is 703 g/mol. The number of hydrogen-bond donors (Lipinski definition) is 1. The number of amides is 2. The van der Waals surface area contributed by atoms with Crippen LogP contribution in [0.5, 0.6) is 5.75 Å². The summed E-state index contributed by atoms with van der Waals surface area (Å²) in [6.07, 6.45) is 0.0794. The van der Waals surface area contributed by atoms with Gasteiger partial charge in [0.1, 0.15) is 18.3 Å². The summed E-state index contributed by atoms with van der Waals surface area (Å²) in [5.74, 6) is -0.807. The lowest BCUT2D eigenvalue weighted by molar-refractivity contribution is -0.385. The fourth-order valence-electron chi connectivity index (χ4n) is 5.21. The van der Waals surface area contributed by atoms with Gasteiger partial charge >= 0.3 is 0 Å². The predicted molar refractivity (Wildman–Crippen MR) is 194 cm³/mol. The van der Waals surface area contributed by atoms with Crippen LogP contribution in [0.15, 0.2) is 95.9 Å². The van der Waals surface area contributed by atoms with Gasteiger partial charge in [-0.05, 0) is 75.7 Å². The van der Waals surface area contributed by atoms with Crippen LogP contribution in [-0.4, -0.2) is 55.3 Å². The van der Waals surface area contributed by atoms with Crippen LogP contribution in [0.1, 0.15) is 37.5 Å². The second kappa shape index (κ2) is 15.9. The topological polar surface area (TPSA) is 139 Å². The van der Waals surface area contributed by atoms with Crippen LogP contribution in [0.3, 0.4) is 0 Å². The molecule has 1 atom stereocenters. The molecule has 0 unspecified atom stereocenters. The van der Waals surface area contributed by atoms with Crippen molar-refractivity contribution in [2.45, 2.75) is 57.1 Å². The normalized spacial score (nSPS) is 12.1. The van der Waals surface area contributed by atoms with Crippen LogP contribution in [0, 0.1) is 17.0 Å². The van der Waals surface area contributed by atoms with Gasteiger partial charge in [0, 0.05) is 45.7 Å². The van der Waals surface area contributed by atoms with Gasteiger partial charge in [0.2, 0.25) is 11.8 Å². The van der Waals surface area contributed by atoms with Crippen molar-refractivity contribution in [2.24, 2.45) is 0 Å². The van der Waals surface area contributed by atoms with E-state index in [9.17, 15) is 28.1 Å². The molecule has 0 aliphatic rings. The molecule has 50 heavy (non-hydrogen) atoms. The van der Waals surface area contributed by atoms with E-state index < -0.39 is 55.5 Å². The van der Waals surface area contributed by atoms with E-state index in [1.807, 2.05) is 30.3 Å². The molecule has 2 amide bonds. The highest BCUT2D eigenvalue weighted by Crippen LogP contribution is 2.31. The maximum absolute atomic E-state index is 14.7. The lowest BCUT2D eigenvalue weighted by atomic mass is 10.0. The van der Waals surface area contributed by atoms with Gasteiger partial charge in [0.15, 0.2) is 0 Å². The van der Waals surface area contributed by atoms with Gasteiger partial charge < -0.3 is 15.0 Å². The van der Waals surface area contributed by atoms with Crippen LogP contribution >= 0.6 is 23.2 Å². The highest BCUT2D eigenvalue weighted by atomic mass is 35.5. The van der Waals surface area contributed by atoms with E-state index in [4.69, 9.17) is 27.9 Å². The number of carbonyl (C=O) groups is 2. The minimum atomic E-state index is -4.61. The first-order valence-electron chi connectivity index (χ1n) is 15.5.